The lowest BCUT2D eigenvalue weighted by molar-refractivity contribution is 0.000585. The lowest BCUT2D eigenvalue weighted by atomic mass is 9.98. The van der Waals surface area contributed by atoms with Crippen LogP contribution >= 0.6 is 0 Å². The topological polar surface area (TPSA) is 92.1 Å². The van der Waals surface area contributed by atoms with Gasteiger partial charge in [0, 0.05) is 31.6 Å². The third-order valence-electron chi connectivity index (χ3n) is 4.51. The predicted molar refractivity (Wildman–Crippen MR) is 97.2 cm³/mol. The third-order valence-corrected chi connectivity index (χ3v) is 6.24. The fourth-order valence-corrected chi connectivity index (χ4v) is 4.22. The summed E-state index contributed by atoms with van der Waals surface area (Å²) in [6, 6.07) is 12.1. The molecule has 2 heterocycles. The number of ether oxygens (including phenoxy) is 1. The van der Waals surface area contributed by atoms with Crippen LogP contribution < -0.4 is 5.32 Å². The molecular weight excluding hydrogens is 350 g/mol. The van der Waals surface area contributed by atoms with Crippen LogP contribution in [0.5, 0.6) is 0 Å². The number of benzene rings is 1. The molecule has 6 nitrogen and oxygen atoms in total. The van der Waals surface area contributed by atoms with E-state index in [0.29, 0.717) is 18.7 Å². The van der Waals surface area contributed by atoms with Crippen LogP contribution in [0.4, 0.5) is 0 Å². The molecule has 2 aromatic rings. The van der Waals surface area contributed by atoms with Crippen molar-refractivity contribution < 1.29 is 13.2 Å². The van der Waals surface area contributed by atoms with E-state index < -0.39 is 9.84 Å². The standard InChI is InChI=1S/C19H21N3O3S/c20-14-15-1-3-18(4-2-15)26(23,24)12-10-22-17-7-11-25-19(13-17)16-5-8-21-9-6-16/h1-6,8-9,17,19,22H,7,10-13H2/t17-,19+/m1/s1. The smallest absolute Gasteiger partial charge is 0.179 e. The molecule has 1 aromatic carbocycles. The average Bonchev–Trinajstić information content (AvgIpc) is 2.69. The molecule has 26 heavy (non-hydrogen) atoms. The van der Waals surface area contributed by atoms with Gasteiger partial charge in [-0.3, -0.25) is 4.98 Å². The highest BCUT2D eigenvalue weighted by Crippen LogP contribution is 2.27. The number of sulfone groups is 1. The molecule has 136 valence electrons. The summed E-state index contributed by atoms with van der Waals surface area (Å²) in [6.45, 7) is 1.03. The summed E-state index contributed by atoms with van der Waals surface area (Å²) >= 11 is 0. The number of nitrogens with zero attached hydrogens (tertiary/aromatic N) is 2. The molecule has 1 saturated heterocycles. The van der Waals surface area contributed by atoms with Crippen LogP contribution in [-0.2, 0) is 14.6 Å². The Bertz CT molecular complexity index is 861. The van der Waals surface area contributed by atoms with E-state index in [1.54, 1.807) is 12.4 Å². The first-order chi connectivity index (χ1) is 12.6. The van der Waals surface area contributed by atoms with E-state index in [-0.39, 0.29) is 22.8 Å². The van der Waals surface area contributed by atoms with Gasteiger partial charge in [-0.25, -0.2) is 8.42 Å². The van der Waals surface area contributed by atoms with Crippen molar-refractivity contribution >= 4 is 9.84 Å². The number of aromatic nitrogens is 1. The molecule has 1 N–H and O–H groups in total. The number of hydrogen-bond acceptors (Lipinski definition) is 6. The highest BCUT2D eigenvalue weighted by atomic mass is 32.2. The molecule has 3 rings (SSSR count). The molecule has 0 amide bonds. The molecule has 1 aliphatic heterocycles. The van der Waals surface area contributed by atoms with Crippen molar-refractivity contribution in [3.8, 4) is 6.07 Å². The van der Waals surface area contributed by atoms with Crippen LogP contribution in [0, 0.1) is 11.3 Å². The zero-order valence-electron chi connectivity index (χ0n) is 14.3. The lowest BCUT2D eigenvalue weighted by Crippen LogP contribution is -2.38. The van der Waals surface area contributed by atoms with Gasteiger partial charge in [0.05, 0.1) is 28.4 Å². The Morgan fingerprint density at radius 2 is 1.92 bits per heavy atom. The van der Waals surface area contributed by atoms with E-state index in [2.05, 4.69) is 10.3 Å². The minimum atomic E-state index is -3.36. The second-order valence-corrected chi connectivity index (χ2v) is 8.38. The van der Waals surface area contributed by atoms with Crippen molar-refractivity contribution in [1.82, 2.24) is 10.3 Å². The summed E-state index contributed by atoms with van der Waals surface area (Å²) in [4.78, 5) is 4.27. The van der Waals surface area contributed by atoms with Crippen LogP contribution in [0.3, 0.4) is 0 Å². The Morgan fingerprint density at radius 3 is 2.62 bits per heavy atom. The van der Waals surface area contributed by atoms with Gasteiger partial charge in [-0.15, -0.1) is 0 Å². The highest BCUT2D eigenvalue weighted by molar-refractivity contribution is 7.91. The van der Waals surface area contributed by atoms with Crippen molar-refractivity contribution in [2.24, 2.45) is 0 Å². The first-order valence-electron chi connectivity index (χ1n) is 8.56. The summed E-state index contributed by atoms with van der Waals surface area (Å²) in [7, 11) is -3.36. The summed E-state index contributed by atoms with van der Waals surface area (Å²) in [6.07, 6.45) is 5.18. The quantitative estimate of drug-likeness (QED) is 0.837. The Balaban J connectivity index is 1.53. The zero-order chi connectivity index (χ0) is 18.4. The number of rotatable bonds is 6. The Hall–Kier alpha value is -2.27. The summed E-state index contributed by atoms with van der Waals surface area (Å²) in [5.74, 6) is 0.0240. The Kier molecular flexibility index (Phi) is 5.99. The van der Waals surface area contributed by atoms with Gasteiger partial charge >= 0.3 is 0 Å². The van der Waals surface area contributed by atoms with Gasteiger partial charge in [0.25, 0.3) is 0 Å². The fourth-order valence-electron chi connectivity index (χ4n) is 3.04. The summed E-state index contributed by atoms with van der Waals surface area (Å²) in [5.41, 5.74) is 1.54. The van der Waals surface area contributed by atoms with Crippen molar-refractivity contribution in [2.45, 2.75) is 29.9 Å². The maximum atomic E-state index is 12.4. The van der Waals surface area contributed by atoms with Gasteiger partial charge in [-0.1, -0.05) is 0 Å². The van der Waals surface area contributed by atoms with E-state index in [4.69, 9.17) is 10.00 Å². The molecule has 0 bridgehead atoms. The molecule has 0 radical (unpaired) electrons. The highest BCUT2D eigenvalue weighted by Gasteiger charge is 2.24. The van der Waals surface area contributed by atoms with Gasteiger partial charge < -0.3 is 10.1 Å². The minimum absolute atomic E-state index is 0.0133. The molecule has 0 spiro atoms. The van der Waals surface area contributed by atoms with Crippen molar-refractivity contribution in [1.29, 1.82) is 5.26 Å². The predicted octanol–water partition coefficient (Wildman–Crippen LogP) is 2.24. The van der Waals surface area contributed by atoms with E-state index in [9.17, 15) is 8.42 Å². The molecule has 1 aromatic heterocycles. The van der Waals surface area contributed by atoms with Gasteiger partial charge in [-0.2, -0.15) is 5.26 Å². The first-order valence-corrected chi connectivity index (χ1v) is 10.2. The van der Waals surface area contributed by atoms with E-state index in [1.807, 2.05) is 18.2 Å². The molecule has 0 saturated carbocycles. The van der Waals surface area contributed by atoms with Gasteiger partial charge in [0.2, 0.25) is 0 Å². The molecular formula is C19H21N3O3S. The van der Waals surface area contributed by atoms with Crippen LogP contribution in [0.2, 0.25) is 0 Å². The van der Waals surface area contributed by atoms with Crippen molar-refractivity contribution in [2.75, 3.05) is 18.9 Å². The van der Waals surface area contributed by atoms with Crippen molar-refractivity contribution in [3.63, 3.8) is 0 Å². The normalized spacial score (nSPS) is 20.4. The molecule has 2 atom stereocenters. The van der Waals surface area contributed by atoms with E-state index in [0.717, 1.165) is 18.4 Å². The Morgan fingerprint density at radius 1 is 1.19 bits per heavy atom. The van der Waals surface area contributed by atoms with Crippen LogP contribution in [-0.4, -0.2) is 38.3 Å². The SMILES string of the molecule is N#Cc1ccc(S(=O)(=O)CCN[C@@H]2CCO[C@H](c3ccncc3)C2)cc1. The molecule has 1 fully saturated rings. The molecule has 1 aliphatic rings. The lowest BCUT2D eigenvalue weighted by Gasteiger charge is -2.30. The van der Waals surface area contributed by atoms with Gasteiger partial charge in [-0.05, 0) is 54.8 Å². The molecule has 0 unspecified atom stereocenters. The van der Waals surface area contributed by atoms with Crippen LogP contribution in [0.1, 0.15) is 30.1 Å². The fraction of sp³-hybridized carbons (Fsp3) is 0.368. The largest absolute Gasteiger partial charge is 0.373 e. The van der Waals surface area contributed by atoms with Crippen molar-refractivity contribution in [3.05, 3.63) is 59.9 Å². The molecule has 0 aliphatic carbocycles. The summed E-state index contributed by atoms with van der Waals surface area (Å²) < 4.78 is 30.6. The third kappa shape index (κ3) is 4.67. The van der Waals surface area contributed by atoms with Crippen LogP contribution in [0.15, 0.2) is 53.7 Å². The second kappa shape index (κ2) is 8.41. The Labute approximate surface area is 153 Å². The monoisotopic (exact) mass is 371 g/mol. The first kappa shape index (κ1) is 18.5. The van der Waals surface area contributed by atoms with E-state index >= 15 is 0 Å². The zero-order valence-corrected chi connectivity index (χ0v) is 15.2. The van der Waals surface area contributed by atoms with Crippen LogP contribution in [0.25, 0.3) is 0 Å². The average molecular weight is 371 g/mol. The number of nitriles is 1. The number of pyridine rings is 1. The minimum Gasteiger partial charge on any atom is -0.373 e. The van der Waals surface area contributed by atoms with Gasteiger partial charge in [0.1, 0.15) is 0 Å². The maximum Gasteiger partial charge on any atom is 0.179 e. The van der Waals surface area contributed by atoms with Gasteiger partial charge in [0.15, 0.2) is 9.84 Å². The summed E-state index contributed by atoms with van der Waals surface area (Å²) in [5, 5.41) is 12.1. The molecule has 7 heteroatoms. The van der Waals surface area contributed by atoms with E-state index in [1.165, 1.54) is 24.3 Å². The maximum absolute atomic E-state index is 12.4. The number of nitrogens with one attached hydrogen (secondary N) is 1. The number of hydrogen-bond donors (Lipinski definition) is 1. The second-order valence-electron chi connectivity index (χ2n) is 6.27.